The van der Waals surface area contributed by atoms with Crippen molar-refractivity contribution in [3.63, 3.8) is 0 Å². The molecule has 2 heterocycles. The minimum absolute atomic E-state index is 0.0587. The molecule has 0 unspecified atom stereocenters. The normalized spacial score (nSPS) is 15.2. The third-order valence-electron chi connectivity index (χ3n) is 3.42. The van der Waals surface area contributed by atoms with Gasteiger partial charge < -0.3 is 15.1 Å². The summed E-state index contributed by atoms with van der Waals surface area (Å²) in [5.41, 5.74) is 0.442. The molecular formula is C15H22N4O2. The summed E-state index contributed by atoms with van der Waals surface area (Å²) in [4.78, 5) is 31.6. The van der Waals surface area contributed by atoms with Crippen molar-refractivity contribution in [3.05, 3.63) is 23.9 Å². The van der Waals surface area contributed by atoms with Gasteiger partial charge in [-0.15, -0.1) is 0 Å². The zero-order chi connectivity index (χ0) is 15.4. The van der Waals surface area contributed by atoms with Gasteiger partial charge in [-0.05, 0) is 26.0 Å². The zero-order valence-corrected chi connectivity index (χ0v) is 12.8. The predicted molar refractivity (Wildman–Crippen MR) is 81.2 cm³/mol. The fourth-order valence-electron chi connectivity index (χ4n) is 2.32. The van der Waals surface area contributed by atoms with Gasteiger partial charge in [-0.3, -0.25) is 9.59 Å². The van der Waals surface area contributed by atoms with Crippen LogP contribution in [0.15, 0.2) is 18.2 Å². The Kier molecular flexibility index (Phi) is 4.77. The van der Waals surface area contributed by atoms with Crippen LogP contribution in [-0.4, -0.2) is 58.8 Å². The largest absolute Gasteiger partial charge is 0.368 e. The Bertz CT molecular complexity index is 522. The van der Waals surface area contributed by atoms with Crippen molar-refractivity contribution in [2.75, 3.05) is 31.5 Å². The van der Waals surface area contributed by atoms with E-state index in [4.69, 9.17) is 0 Å². The van der Waals surface area contributed by atoms with Crippen molar-refractivity contribution in [1.82, 2.24) is 14.8 Å². The van der Waals surface area contributed by atoms with Crippen LogP contribution in [0.25, 0.3) is 0 Å². The van der Waals surface area contributed by atoms with Gasteiger partial charge in [0.25, 0.3) is 5.91 Å². The van der Waals surface area contributed by atoms with Gasteiger partial charge in [0.05, 0.1) is 0 Å². The molecule has 114 valence electrons. The van der Waals surface area contributed by atoms with Crippen LogP contribution in [0.5, 0.6) is 0 Å². The lowest BCUT2D eigenvalue weighted by atomic mass is 10.2. The molecular weight excluding hydrogens is 268 g/mol. The highest BCUT2D eigenvalue weighted by atomic mass is 16.2. The minimum atomic E-state index is -0.0781. The first-order chi connectivity index (χ1) is 9.97. The number of carbonyl (C=O) groups is 2. The van der Waals surface area contributed by atoms with E-state index < -0.39 is 0 Å². The van der Waals surface area contributed by atoms with Crippen LogP contribution >= 0.6 is 0 Å². The maximum atomic E-state index is 12.4. The molecule has 2 amide bonds. The number of amides is 2. The van der Waals surface area contributed by atoms with E-state index >= 15 is 0 Å². The molecule has 1 N–H and O–H groups in total. The molecule has 0 bridgehead atoms. The first-order valence-corrected chi connectivity index (χ1v) is 7.25. The first kappa shape index (κ1) is 15.3. The standard InChI is InChI=1S/C15H22N4O2/c1-11(2)16-14-6-4-5-13(17-14)15(21)19-9-7-18(8-10-19)12(3)20/h4-6,11H,7-10H2,1-3H3,(H,16,17). The first-order valence-electron chi connectivity index (χ1n) is 7.25. The molecule has 0 atom stereocenters. The highest BCUT2D eigenvalue weighted by Gasteiger charge is 2.24. The van der Waals surface area contributed by atoms with E-state index in [1.54, 1.807) is 22.8 Å². The van der Waals surface area contributed by atoms with Crippen molar-refractivity contribution >= 4 is 17.6 Å². The van der Waals surface area contributed by atoms with E-state index in [0.717, 1.165) is 0 Å². The number of aromatic nitrogens is 1. The van der Waals surface area contributed by atoms with Gasteiger partial charge in [0.1, 0.15) is 11.5 Å². The summed E-state index contributed by atoms with van der Waals surface area (Å²) in [6.07, 6.45) is 0. The molecule has 0 aliphatic carbocycles. The van der Waals surface area contributed by atoms with Crippen LogP contribution in [0, 0.1) is 0 Å². The molecule has 0 radical (unpaired) electrons. The van der Waals surface area contributed by atoms with Crippen molar-refractivity contribution < 1.29 is 9.59 Å². The lowest BCUT2D eigenvalue weighted by Gasteiger charge is -2.34. The molecule has 1 fully saturated rings. The molecule has 6 nitrogen and oxygen atoms in total. The molecule has 1 aromatic heterocycles. The number of carbonyl (C=O) groups excluding carboxylic acids is 2. The minimum Gasteiger partial charge on any atom is -0.368 e. The molecule has 0 saturated carbocycles. The van der Waals surface area contributed by atoms with Gasteiger partial charge in [0, 0.05) is 39.1 Å². The van der Waals surface area contributed by atoms with E-state index in [1.807, 2.05) is 26.0 Å². The number of hydrogen-bond acceptors (Lipinski definition) is 4. The summed E-state index contributed by atoms with van der Waals surface area (Å²) in [6, 6.07) is 5.67. The number of piperazine rings is 1. The van der Waals surface area contributed by atoms with Gasteiger partial charge in [-0.2, -0.15) is 0 Å². The summed E-state index contributed by atoms with van der Waals surface area (Å²) in [6.45, 7) is 7.90. The lowest BCUT2D eigenvalue weighted by molar-refractivity contribution is -0.130. The molecule has 1 saturated heterocycles. The van der Waals surface area contributed by atoms with Gasteiger partial charge in [0.15, 0.2) is 0 Å². The number of nitrogens with one attached hydrogen (secondary N) is 1. The van der Waals surface area contributed by atoms with Crippen molar-refractivity contribution in [3.8, 4) is 0 Å². The van der Waals surface area contributed by atoms with Gasteiger partial charge in [-0.25, -0.2) is 4.98 Å². The van der Waals surface area contributed by atoms with Crippen LogP contribution in [0.2, 0.25) is 0 Å². The van der Waals surface area contributed by atoms with Crippen LogP contribution in [0.3, 0.4) is 0 Å². The molecule has 1 aliphatic heterocycles. The molecule has 0 spiro atoms. The molecule has 1 aliphatic rings. The fraction of sp³-hybridized carbons (Fsp3) is 0.533. The van der Waals surface area contributed by atoms with Crippen LogP contribution in [0.4, 0.5) is 5.82 Å². The second-order valence-corrected chi connectivity index (χ2v) is 5.51. The Morgan fingerprint density at radius 1 is 1.14 bits per heavy atom. The van der Waals surface area contributed by atoms with Gasteiger partial charge >= 0.3 is 0 Å². The Labute approximate surface area is 125 Å². The lowest BCUT2D eigenvalue weighted by Crippen LogP contribution is -2.50. The van der Waals surface area contributed by atoms with Gasteiger partial charge in [-0.1, -0.05) is 6.07 Å². The zero-order valence-electron chi connectivity index (χ0n) is 12.8. The van der Waals surface area contributed by atoms with E-state index in [2.05, 4.69) is 10.3 Å². The van der Waals surface area contributed by atoms with Crippen molar-refractivity contribution in [2.24, 2.45) is 0 Å². The van der Waals surface area contributed by atoms with Crippen molar-refractivity contribution in [2.45, 2.75) is 26.8 Å². The third kappa shape index (κ3) is 3.93. The van der Waals surface area contributed by atoms with Gasteiger partial charge in [0.2, 0.25) is 5.91 Å². The Morgan fingerprint density at radius 2 is 1.76 bits per heavy atom. The molecule has 2 rings (SSSR count). The van der Waals surface area contributed by atoms with E-state index in [9.17, 15) is 9.59 Å². The van der Waals surface area contributed by atoms with Crippen LogP contribution < -0.4 is 5.32 Å². The molecule has 6 heteroatoms. The van der Waals surface area contributed by atoms with E-state index in [-0.39, 0.29) is 17.9 Å². The number of nitrogens with zero attached hydrogens (tertiary/aromatic N) is 3. The second kappa shape index (κ2) is 6.56. The quantitative estimate of drug-likeness (QED) is 0.908. The Balaban J connectivity index is 2.02. The second-order valence-electron chi connectivity index (χ2n) is 5.51. The summed E-state index contributed by atoms with van der Waals surface area (Å²) >= 11 is 0. The molecule has 1 aromatic rings. The molecule has 0 aromatic carbocycles. The average Bonchev–Trinajstić information content (AvgIpc) is 2.46. The monoisotopic (exact) mass is 290 g/mol. The topological polar surface area (TPSA) is 65.5 Å². The summed E-state index contributed by atoms with van der Waals surface area (Å²) in [5, 5.41) is 3.19. The highest BCUT2D eigenvalue weighted by molar-refractivity contribution is 5.92. The Morgan fingerprint density at radius 3 is 2.33 bits per heavy atom. The molecule has 21 heavy (non-hydrogen) atoms. The maximum absolute atomic E-state index is 12.4. The SMILES string of the molecule is CC(=O)N1CCN(C(=O)c2cccc(NC(C)C)n2)CC1. The summed E-state index contributed by atoms with van der Waals surface area (Å²) in [5.74, 6) is 0.687. The van der Waals surface area contributed by atoms with E-state index in [0.29, 0.717) is 37.7 Å². The number of hydrogen-bond donors (Lipinski definition) is 1. The fourth-order valence-corrected chi connectivity index (χ4v) is 2.32. The summed E-state index contributed by atoms with van der Waals surface area (Å²) < 4.78 is 0. The number of rotatable bonds is 3. The highest BCUT2D eigenvalue weighted by Crippen LogP contribution is 2.11. The van der Waals surface area contributed by atoms with E-state index in [1.165, 1.54) is 0 Å². The smallest absolute Gasteiger partial charge is 0.272 e. The Hall–Kier alpha value is -2.11. The predicted octanol–water partition coefficient (Wildman–Crippen LogP) is 1.21. The summed E-state index contributed by atoms with van der Waals surface area (Å²) in [7, 11) is 0. The number of pyridine rings is 1. The van der Waals surface area contributed by atoms with Crippen LogP contribution in [0.1, 0.15) is 31.3 Å². The number of anilines is 1. The maximum Gasteiger partial charge on any atom is 0.272 e. The van der Waals surface area contributed by atoms with Crippen LogP contribution in [-0.2, 0) is 4.79 Å². The average molecular weight is 290 g/mol. The third-order valence-corrected chi connectivity index (χ3v) is 3.42. The van der Waals surface area contributed by atoms with Crippen molar-refractivity contribution in [1.29, 1.82) is 0 Å².